The average molecular weight is 269 g/mol. The predicted octanol–water partition coefficient (Wildman–Crippen LogP) is 3.29. The zero-order chi connectivity index (χ0) is 11.0. The van der Waals surface area contributed by atoms with Crippen LogP contribution in [0.1, 0.15) is 16.1 Å². The van der Waals surface area contributed by atoms with Gasteiger partial charge in [0, 0.05) is 9.86 Å². The molecule has 0 N–H and O–H groups in total. The van der Waals surface area contributed by atoms with Gasteiger partial charge < -0.3 is 9.15 Å². The summed E-state index contributed by atoms with van der Waals surface area (Å²) >= 11 is 3.42. The summed E-state index contributed by atoms with van der Waals surface area (Å²) in [7, 11) is 1.33. The quantitative estimate of drug-likeness (QED) is 0.746. The van der Waals surface area contributed by atoms with Crippen molar-refractivity contribution in [1.29, 1.82) is 0 Å². The Balaban J connectivity index is 2.61. The van der Waals surface area contributed by atoms with Gasteiger partial charge in [0.1, 0.15) is 5.58 Å². The molecule has 0 bridgehead atoms. The van der Waals surface area contributed by atoms with Crippen LogP contribution in [0, 0.1) is 6.92 Å². The zero-order valence-corrected chi connectivity index (χ0v) is 9.92. The molecule has 0 saturated carbocycles. The number of esters is 1. The van der Waals surface area contributed by atoms with Gasteiger partial charge in [-0.2, -0.15) is 0 Å². The van der Waals surface area contributed by atoms with E-state index in [1.807, 2.05) is 19.1 Å². The molecule has 2 rings (SSSR count). The molecule has 0 aliphatic heterocycles. The van der Waals surface area contributed by atoms with Crippen LogP contribution in [-0.2, 0) is 4.74 Å². The van der Waals surface area contributed by atoms with Gasteiger partial charge >= 0.3 is 5.97 Å². The van der Waals surface area contributed by atoms with E-state index in [4.69, 9.17) is 4.42 Å². The van der Waals surface area contributed by atoms with Gasteiger partial charge in [-0.05, 0) is 30.7 Å². The number of methoxy groups -OCH3 is 1. The van der Waals surface area contributed by atoms with Gasteiger partial charge in [-0.3, -0.25) is 0 Å². The van der Waals surface area contributed by atoms with Crippen LogP contribution >= 0.6 is 15.9 Å². The lowest BCUT2D eigenvalue weighted by atomic mass is 10.2. The van der Waals surface area contributed by atoms with E-state index < -0.39 is 5.97 Å². The second kappa shape index (κ2) is 3.70. The number of carbonyl (C=O) groups is 1. The molecular formula is C11H9BrO3. The molecule has 4 heteroatoms. The van der Waals surface area contributed by atoms with Crippen LogP contribution in [0.15, 0.2) is 27.1 Å². The van der Waals surface area contributed by atoms with Gasteiger partial charge in [-0.15, -0.1) is 0 Å². The molecule has 78 valence electrons. The highest BCUT2D eigenvalue weighted by Crippen LogP contribution is 2.26. The second-order valence-electron chi connectivity index (χ2n) is 3.24. The monoisotopic (exact) mass is 268 g/mol. The highest BCUT2D eigenvalue weighted by molar-refractivity contribution is 9.10. The van der Waals surface area contributed by atoms with Crippen LogP contribution in [0.4, 0.5) is 0 Å². The third kappa shape index (κ3) is 1.77. The third-order valence-electron chi connectivity index (χ3n) is 2.18. The van der Waals surface area contributed by atoms with Crippen molar-refractivity contribution >= 4 is 32.9 Å². The van der Waals surface area contributed by atoms with Crippen molar-refractivity contribution in [3.05, 3.63) is 34.0 Å². The van der Waals surface area contributed by atoms with Crippen LogP contribution in [-0.4, -0.2) is 13.1 Å². The van der Waals surface area contributed by atoms with Crippen molar-refractivity contribution < 1.29 is 13.9 Å². The van der Waals surface area contributed by atoms with Gasteiger partial charge in [-0.25, -0.2) is 4.79 Å². The molecule has 0 amide bonds. The number of ether oxygens (including phenoxy) is 1. The van der Waals surface area contributed by atoms with Crippen molar-refractivity contribution in [2.75, 3.05) is 7.11 Å². The fourth-order valence-corrected chi connectivity index (χ4v) is 1.72. The Morgan fingerprint density at radius 1 is 1.40 bits per heavy atom. The summed E-state index contributed by atoms with van der Waals surface area (Å²) in [4.78, 5) is 11.2. The molecule has 0 radical (unpaired) electrons. The number of carbonyl (C=O) groups excluding carboxylic acids is 1. The molecule has 0 fully saturated rings. The topological polar surface area (TPSA) is 39.4 Å². The van der Waals surface area contributed by atoms with Crippen molar-refractivity contribution in [1.82, 2.24) is 0 Å². The largest absolute Gasteiger partial charge is 0.463 e. The van der Waals surface area contributed by atoms with E-state index in [1.165, 1.54) is 7.11 Å². The summed E-state index contributed by atoms with van der Waals surface area (Å²) in [5, 5.41) is 0.882. The van der Waals surface area contributed by atoms with Gasteiger partial charge in [-0.1, -0.05) is 15.9 Å². The van der Waals surface area contributed by atoms with Crippen LogP contribution < -0.4 is 0 Å². The van der Waals surface area contributed by atoms with E-state index in [0.29, 0.717) is 5.58 Å². The van der Waals surface area contributed by atoms with E-state index in [0.717, 1.165) is 15.4 Å². The molecule has 0 atom stereocenters. The van der Waals surface area contributed by atoms with Crippen molar-refractivity contribution in [3.8, 4) is 0 Å². The molecular weight excluding hydrogens is 260 g/mol. The summed E-state index contributed by atoms with van der Waals surface area (Å²) in [6.45, 7) is 1.96. The van der Waals surface area contributed by atoms with Gasteiger partial charge in [0.2, 0.25) is 5.76 Å². The smallest absolute Gasteiger partial charge is 0.373 e. The van der Waals surface area contributed by atoms with Crippen LogP contribution in [0.5, 0.6) is 0 Å². The number of furan rings is 1. The molecule has 15 heavy (non-hydrogen) atoms. The van der Waals surface area contributed by atoms with Crippen LogP contribution in [0.2, 0.25) is 0 Å². The molecule has 0 spiro atoms. The lowest BCUT2D eigenvalue weighted by Gasteiger charge is -1.95. The summed E-state index contributed by atoms with van der Waals surface area (Å²) in [6, 6.07) is 5.47. The van der Waals surface area contributed by atoms with Crippen LogP contribution in [0.25, 0.3) is 11.0 Å². The van der Waals surface area contributed by atoms with E-state index in [1.54, 1.807) is 6.07 Å². The van der Waals surface area contributed by atoms with Crippen molar-refractivity contribution in [2.24, 2.45) is 0 Å². The average Bonchev–Trinajstić information content (AvgIpc) is 2.60. The first kappa shape index (κ1) is 10.2. The Morgan fingerprint density at radius 2 is 2.13 bits per heavy atom. The molecule has 0 saturated heterocycles. The molecule has 3 nitrogen and oxygen atoms in total. The first-order chi connectivity index (χ1) is 7.11. The normalized spacial score (nSPS) is 10.6. The summed E-state index contributed by atoms with van der Waals surface area (Å²) in [5.74, 6) is -0.232. The van der Waals surface area contributed by atoms with Crippen LogP contribution in [0.3, 0.4) is 0 Å². The molecule has 0 aliphatic rings. The van der Waals surface area contributed by atoms with Crippen molar-refractivity contribution in [3.63, 3.8) is 0 Å². The zero-order valence-electron chi connectivity index (χ0n) is 8.33. The standard InChI is InChI=1S/C11H9BrO3/c1-6-3-9-7(4-8(6)12)5-10(15-9)11(13)14-2/h3-5H,1-2H3. The molecule has 0 unspecified atom stereocenters. The Labute approximate surface area is 95.1 Å². The first-order valence-corrected chi connectivity index (χ1v) is 5.19. The van der Waals surface area contributed by atoms with E-state index in [2.05, 4.69) is 20.7 Å². The maximum Gasteiger partial charge on any atom is 0.373 e. The van der Waals surface area contributed by atoms with Gasteiger partial charge in [0.25, 0.3) is 0 Å². The summed E-state index contributed by atoms with van der Waals surface area (Å²) in [5.41, 5.74) is 1.75. The summed E-state index contributed by atoms with van der Waals surface area (Å²) in [6.07, 6.45) is 0. The predicted molar refractivity (Wildman–Crippen MR) is 60.0 cm³/mol. The minimum Gasteiger partial charge on any atom is -0.463 e. The highest BCUT2D eigenvalue weighted by Gasteiger charge is 2.12. The number of aryl methyl sites for hydroxylation is 1. The Kier molecular flexibility index (Phi) is 2.52. The minimum atomic E-state index is -0.458. The highest BCUT2D eigenvalue weighted by atomic mass is 79.9. The Hall–Kier alpha value is -1.29. The Morgan fingerprint density at radius 3 is 2.80 bits per heavy atom. The fraction of sp³-hybridized carbons (Fsp3) is 0.182. The lowest BCUT2D eigenvalue weighted by molar-refractivity contribution is 0.0567. The number of hydrogen-bond donors (Lipinski definition) is 0. The SMILES string of the molecule is COC(=O)c1cc2cc(Br)c(C)cc2o1. The number of hydrogen-bond acceptors (Lipinski definition) is 3. The molecule has 1 heterocycles. The lowest BCUT2D eigenvalue weighted by Crippen LogP contribution is -1.97. The molecule has 2 aromatic rings. The van der Waals surface area contributed by atoms with E-state index in [-0.39, 0.29) is 5.76 Å². The number of rotatable bonds is 1. The third-order valence-corrected chi connectivity index (χ3v) is 3.04. The van der Waals surface area contributed by atoms with E-state index >= 15 is 0 Å². The first-order valence-electron chi connectivity index (χ1n) is 4.40. The maximum atomic E-state index is 11.2. The van der Waals surface area contributed by atoms with Crippen molar-refractivity contribution in [2.45, 2.75) is 6.92 Å². The number of halogens is 1. The Bertz CT molecular complexity index is 489. The molecule has 1 aromatic heterocycles. The minimum absolute atomic E-state index is 0.227. The van der Waals surface area contributed by atoms with E-state index in [9.17, 15) is 4.79 Å². The summed E-state index contributed by atoms with van der Waals surface area (Å²) < 4.78 is 10.9. The van der Waals surface area contributed by atoms with Gasteiger partial charge in [0.05, 0.1) is 7.11 Å². The molecule has 1 aromatic carbocycles. The van der Waals surface area contributed by atoms with Gasteiger partial charge in [0.15, 0.2) is 0 Å². The fourth-order valence-electron chi connectivity index (χ4n) is 1.36. The number of benzene rings is 1. The molecule has 0 aliphatic carbocycles. The second-order valence-corrected chi connectivity index (χ2v) is 4.10. The number of fused-ring (bicyclic) bond motifs is 1. The maximum absolute atomic E-state index is 11.2.